The van der Waals surface area contributed by atoms with Gasteiger partial charge in [0.1, 0.15) is 10.9 Å². The molecule has 24 heavy (non-hydrogen) atoms. The summed E-state index contributed by atoms with van der Waals surface area (Å²) in [6, 6.07) is 6.55. The number of carbonyl (C=O) groups excluding carboxylic acids is 1. The van der Waals surface area contributed by atoms with Crippen molar-refractivity contribution < 1.29 is 22.7 Å². The summed E-state index contributed by atoms with van der Waals surface area (Å²) < 4.78 is 39.1. The number of nitrogens with one attached hydrogen (secondary N) is 1. The minimum Gasteiger partial charge on any atom is -0.454 e. The second-order valence-electron chi connectivity index (χ2n) is 6.74. The molecular weight excluding hydrogens is 330 g/mol. The Morgan fingerprint density at radius 1 is 1.42 bits per heavy atom. The average Bonchev–Trinajstić information content (AvgIpc) is 3.10. The second kappa shape index (κ2) is 5.15. The monoisotopic (exact) mass is 349 g/mol. The van der Waals surface area contributed by atoms with Gasteiger partial charge in [0.2, 0.25) is 10.0 Å². The van der Waals surface area contributed by atoms with E-state index in [2.05, 4.69) is 4.72 Å². The van der Waals surface area contributed by atoms with Crippen molar-refractivity contribution in [3.63, 3.8) is 0 Å². The highest BCUT2D eigenvalue weighted by atomic mass is 32.2. The largest absolute Gasteiger partial charge is 0.454 e. The fraction of sp³-hybridized carbons (Fsp3) is 0.471. The van der Waals surface area contributed by atoms with Crippen LogP contribution in [0.5, 0.6) is 0 Å². The molecule has 1 spiro atoms. The Hall–Kier alpha value is -1.70. The van der Waals surface area contributed by atoms with Gasteiger partial charge in [0, 0.05) is 0 Å². The number of aryl methyl sites for hydroxylation is 1. The highest BCUT2D eigenvalue weighted by molar-refractivity contribution is 7.90. The van der Waals surface area contributed by atoms with Crippen LogP contribution in [0.2, 0.25) is 0 Å². The summed E-state index contributed by atoms with van der Waals surface area (Å²) in [5.74, 6) is -0.475. The molecule has 128 valence electrons. The highest BCUT2D eigenvalue weighted by Crippen LogP contribution is 2.48. The van der Waals surface area contributed by atoms with E-state index in [9.17, 15) is 13.2 Å². The summed E-state index contributed by atoms with van der Waals surface area (Å²) in [5.41, 5.74) is 0.309. The fourth-order valence-corrected chi connectivity index (χ4v) is 5.96. The van der Waals surface area contributed by atoms with Crippen LogP contribution in [0.1, 0.15) is 29.3 Å². The lowest BCUT2D eigenvalue weighted by Crippen LogP contribution is -2.67. The molecule has 1 aromatic carbocycles. The Labute approximate surface area is 140 Å². The molecule has 3 aliphatic heterocycles. The van der Waals surface area contributed by atoms with Crippen LogP contribution >= 0.6 is 0 Å². The molecule has 5 atom stereocenters. The smallest absolute Gasteiger partial charge is 0.338 e. The predicted molar refractivity (Wildman–Crippen MR) is 87.0 cm³/mol. The van der Waals surface area contributed by atoms with Gasteiger partial charge in [-0.3, -0.25) is 0 Å². The molecule has 3 aliphatic rings. The van der Waals surface area contributed by atoms with Crippen LogP contribution in [0.3, 0.4) is 0 Å². The van der Waals surface area contributed by atoms with Crippen LogP contribution < -0.4 is 4.72 Å². The number of esters is 1. The zero-order chi connectivity index (χ0) is 17.1. The maximum Gasteiger partial charge on any atom is 0.338 e. The highest BCUT2D eigenvalue weighted by Gasteiger charge is 2.65. The van der Waals surface area contributed by atoms with Crippen molar-refractivity contribution in [2.75, 3.05) is 0 Å². The summed E-state index contributed by atoms with van der Waals surface area (Å²) in [6.07, 6.45) is 3.06. The quantitative estimate of drug-likeness (QED) is 0.643. The topological polar surface area (TPSA) is 81.7 Å². The van der Waals surface area contributed by atoms with E-state index < -0.39 is 39.0 Å². The maximum absolute atomic E-state index is 12.6. The third kappa shape index (κ3) is 2.22. The Balaban J connectivity index is 1.67. The molecule has 2 fully saturated rings. The van der Waals surface area contributed by atoms with E-state index in [0.29, 0.717) is 12.0 Å². The molecule has 0 aliphatic carbocycles. The first-order valence-electron chi connectivity index (χ1n) is 7.98. The van der Waals surface area contributed by atoms with Crippen LogP contribution in [0.15, 0.2) is 36.4 Å². The SMILES string of the molecule is Cc1cccc(C(=O)O[C@H]2[C@H](C)NS(=O)(=O)[C@H]3C[C@H]4C=C[C@]23O4)c1. The lowest BCUT2D eigenvalue weighted by atomic mass is 9.85. The van der Waals surface area contributed by atoms with E-state index in [4.69, 9.17) is 9.47 Å². The number of ether oxygens (including phenoxy) is 2. The van der Waals surface area contributed by atoms with Crippen LogP contribution in [0, 0.1) is 6.92 Å². The molecule has 2 bridgehead atoms. The van der Waals surface area contributed by atoms with Crippen LogP contribution in [-0.2, 0) is 19.5 Å². The maximum atomic E-state index is 12.6. The van der Waals surface area contributed by atoms with Gasteiger partial charge < -0.3 is 9.47 Å². The Morgan fingerprint density at radius 3 is 2.92 bits per heavy atom. The van der Waals surface area contributed by atoms with Gasteiger partial charge in [-0.2, -0.15) is 0 Å². The molecule has 0 unspecified atom stereocenters. The summed E-state index contributed by atoms with van der Waals surface area (Å²) in [5, 5.41) is -0.730. The van der Waals surface area contributed by atoms with E-state index in [0.717, 1.165) is 5.56 Å². The third-order valence-corrected chi connectivity index (χ3v) is 7.00. The van der Waals surface area contributed by atoms with Gasteiger partial charge in [0.25, 0.3) is 0 Å². The number of benzene rings is 1. The first kappa shape index (κ1) is 15.8. The van der Waals surface area contributed by atoms with Crippen molar-refractivity contribution in [1.82, 2.24) is 4.72 Å². The minimum atomic E-state index is -3.51. The van der Waals surface area contributed by atoms with Crippen molar-refractivity contribution >= 4 is 16.0 Å². The number of rotatable bonds is 2. The molecule has 3 heterocycles. The lowest BCUT2D eigenvalue weighted by molar-refractivity contribution is -0.0845. The number of hydrogen-bond donors (Lipinski definition) is 1. The standard InChI is InChI=1S/C17H19NO5S/c1-10-4-3-5-12(8-10)16(19)22-15-11(2)18-24(20,21)14-9-13-6-7-17(14,15)23-13/h3-8,11,13-15,18H,9H2,1-2H3/t11-,13+,14-,15-,17+/m0/s1. The Bertz CT molecular complexity index is 833. The summed E-state index contributed by atoms with van der Waals surface area (Å²) in [7, 11) is -3.51. The van der Waals surface area contributed by atoms with E-state index in [1.807, 2.05) is 19.1 Å². The van der Waals surface area contributed by atoms with Crippen molar-refractivity contribution in [3.8, 4) is 0 Å². The second-order valence-corrected chi connectivity index (χ2v) is 8.63. The molecule has 0 radical (unpaired) electrons. The molecule has 0 aromatic heterocycles. The van der Waals surface area contributed by atoms with Crippen molar-refractivity contribution in [2.45, 2.75) is 49.4 Å². The first-order chi connectivity index (χ1) is 11.3. The van der Waals surface area contributed by atoms with Gasteiger partial charge in [0.05, 0.1) is 17.7 Å². The number of carbonyl (C=O) groups is 1. The van der Waals surface area contributed by atoms with E-state index in [1.165, 1.54) is 0 Å². The van der Waals surface area contributed by atoms with E-state index in [-0.39, 0.29) is 6.10 Å². The summed E-state index contributed by atoms with van der Waals surface area (Å²) >= 11 is 0. The molecular formula is C17H19NO5S. The zero-order valence-corrected chi connectivity index (χ0v) is 14.2. The number of sulfonamides is 1. The number of hydrogen-bond acceptors (Lipinski definition) is 5. The van der Waals surface area contributed by atoms with Crippen molar-refractivity contribution in [3.05, 3.63) is 47.5 Å². The molecule has 1 N–H and O–H groups in total. The predicted octanol–water partition coefficient (Wildman–Crippen LogP) is 1.31. The van der Waals surface area contributed by atoms with Crippen LogP contribution in [0.4, 0.5) is 0 Å². The molecule has 0 amide bonds. The van der Waals surface area contributed by atoms with E-state index >= 15 is 0 Å². The molecule has 4 rings (SSSR count). The van der Waals surface area contributed by atoms with Crippen molar-refractivity contribution in [1.29, 1.82) is 0 Å². The Morgan fingerprint density at radius 2 is 2.21 bits per heavy atom. The average molecular weight is 349 g/mol. The summed E-state index contributed by atoms with van der Waals surface area (Å²) in [4.78, 5) is 12.6. The van der Waals surface area contributed by atoms with Gasteiger partial charge in [-0.25, -0.2) is 17.9 Å². The lowest BCUT2D eigenvalue weighted by Gasteiger charge is -2.44. The van der Waals surface area contributed by atoms with Gasteiger partial charge in [-0.05, 0) is 38.5 Å². The van der Waals surface area contributed by atoms with Crippen LogP contribution in [-0.4, -0.2) is 43.5 Å². The molecule has 2 saturated heterocycles. The fourth-order valence-electron chi connectivity index (χ4n) is 3.96. The third-order valence-electron chi connectivity index (χ3n) is 4.99. The Kier molecular flexibility index (Phi) is 3.39. The van der Waals surface area contributed by atoms with E-state index in [1.54, 1.807) is 31.2 Å². The van der Waals surface area contributed by atoms with Crippen molar-refractivity contribution in [2.24, 2.45) is 0 Å². The van der Waals surface area contributed by atoms with Gasteiger partial charge >= 0.3 is 5.97 Å². The molecule has 7 heteroatoms. The van der Waals surface area contributed by atoms with Gasteiger partial charge in [-0.1, -0.05) is 23.8 Å². The minimum absolute atomic E-state index is 0.239. The van der Waals surface area contributed by atoms with Gasteiger partial charge in [0.15, 0.2) is 6.10 Å². The zero-order valence-electron chi connectivity index (χ0n) is 13.4. The normalized spacial score (nSPS) is 38.8. The molecule has 0 saturated carbocycles. The molecule has 6 nitrogen and oxygen atoms in total. The van der Waals surface area contributed by atoms with Crippen LogP contribution in [0.25, 0.3) is 0 Å². The molecule has 1 aromatic rings. The van der Waals surface area contributed by atoms with Gasteiger partial charge in [-0.15, -0.1) is 0 Å². The number of fused-ring (bicyclic) bond motifs is 1. The first-order valence-corrected chi connectivity index (χ1v) is 9.52. The summed E-state index contributed by atoms with van der Waals surface area (Å²) in [6.45, 7) is 3.59.